The van der Waals surface area contributed by atoms with Crippen LogP contribution in [0, 0.1) is 20.8 Å². The zero-order chi connectivity index (χ0) is 23.2. The Morgan fingerprint density at radius 3 is 2.50 bits per heavy atom. The lowest BCUT2D eigenvalue weighted by atomic mass is 9.97. The monoisotopic (exact) mass is 468 g/mol. The zero-order valence-corrected chi connectivity index (χ0v) is 21.2. The Labute approximate surface area is 196 Å². The molecule has 0 N–H and O–H groups in total. The Morgan fingerprint density at radius 2 is 1.88 bits per heavy atom. The summed E-state index contributed by atoms with van der Waals surface area (Å²) < 4.78 is 7.58. The zero-order valence-electron chi connectivity index (χ0n) is 19.6. The second-order valence-electron chi connectivity index (χ2n) is 9.01. The molecular formula is C24H28N4O2S2. The summed E-state index contributed by atoms with van der Waals surface area (Å²) >= 11 is 3.02. The van der Waals surface area contributed by atoms with Crippen molar-refractivity contribution in [2.75, 3.05) is 0 Å². The molecule has 0 aliphatic carbocycles. The number of benzene rings is 1. The van der Waals surface area contributed by atoms with Crippen LogP contribution in [-0.2, 0) is 17.6 Å². The molecule has 0 saturated carbocycles. The fourth-order valence-corrected chi connectivity index (χ4v) is 5.56. The summed E-state index contributed by atoms with van der Waals surface area (Å²) in [5, 5.41) is 9.73. The molecule has 0 fully saturated rings. The van der Waals surface area contributed by atoms with Gasteiger partial charge in [0.2, 0.25) is 11.8 Å². The van der Waals surface area contributed by atoms with Gasteiger partial charge in [0.25, 0.3) is 5.56 Å². The lowest BCUT2D eigenvalue weighted by molar-refractivity contribution is 0.378. The van der Waals surface area contributed by atoms with E-state index in [1.54, 1.807) is 15.9 Å². The fourth-order valence-electron chi connectivity index (χ4n) is 3.55. The van der Waals surface area contributed by atoms with Gasteiger partial charge >= 0.3 is 0 Å². The van der Waals surface area contributed by atoms with Crippen molar-refractivity contribution in [3.63, 3.8) is 0 Å². The van der Waals surface area contributed by atoms with E-state index in [0.717, 1.165) is 38.3 Å². The average Bonchev–Trinajstić information content (AvgIpc) is 3.32. The number of aryl methyl sites for hydroxylation is 4. The van der Waals surface area contributed by atoms with Gasteiger partial charge in [0.05, 0.1) is 16.8 Å². The second kappa shape index (κ2) is 8.48. The lowest BCUT2D eigenvalue weighted by Crippen LogP contribution is -2.22. The summed E-state index contributed by atoms with van der Waals surface area (Å²) in [6.45, 7) is 14.4. The summed E-state index contributed by atoms with van der Waals surface area (Å²) in [7, 11) is 0. The average molecular weight is 469 g/mol. The number of hydrogen-bond acceptors (Lipinski definition) is 7. The van der Waals surface area contributed by atoms with Crippen LogP contribution in [0.5, 0.6) is 0 Å². The van der Waals surface area contributed by atoms with E-state index < -0.39 is 0 Å². The minimum absolute atomic E-state index is 0.0251. The van der Waals surface area contributed by atoms with Gasteiger partial charge in [0.1, 0.15) is 4.83 Å². The summed E-state index contributed by atoms with van der Waals surface area (Å²) in [6.07, 6.45) is 0.805. The Hall–Kier alpha value is -2.45. The van der Waals surface area contributed by atoms with Crippen LogP contribution < -0.4 is 5.56 Å². The smallest absolute Gasteiger partial charge is 0.267 e. The van der Waals surface area contributed by atoms with Gasteiger partial charge in [-0.15, -0.1) is 21.5 Å². The third-order valence-corrected chi connectivity index (χ3v) is 7.50. The summed E-state index contributed by atoms with van der Waals surface area (Å²) in [4.78, 5) is 20.6. The predicted octanol–water partition coefficient (Wildman–Crippen LogP) is 5.91. The molecule has 0 saturated heterocycles. The molecule has 168 valence electrons. The highest BCUT2D eigenvalue weighted by atomic mass is 32.2. The van der Waals surface area contributed by atoms with Gasteiger partial charge in [-0.2, -0.15) is 0 Å². The van der Waals surface area contributed by atoms with Crippen LogP contribution in [-0.4, -0.2) is 19.7 Å². The first-order valence-corrected chi connectivity index (χ1v) is 12.5. The third kappa shape index (κ3) is 4.13. The molecule has 0 atom stereocenters. The van der Waals surface area contributed by atoms with Crippen molar-refractivity contribution in [1.82, 2.24) is 19.7 Å². The molecule has 4 rings (SSSR count). The van der Waals surface area contributed by atoms with Crippen LogP contribution in [0.4, 0.5) is 0 Å². The Bertz CT molecular complexity index is 1360. The molecule has 0 aliphatic heterocycles. The molecule has 6 nitrogen and oxygen atoms in total. The van der Waals surface area contributed by atoms with Crippen LogP contribution >= 0.6 is 23.1 Å². The molecule has 3 heterocycles. The number of thiophene rings is 1. The Balaban J connectivity index is 1.84. The number of hydrogen-bond donors (Lipinski definition) is 0. The molecule has 0 bridgehead atoms. The molecule has 32 heavy (non-hydrogen) atoms. The minimum Gasteiger partial charge on any atom is -0.424 e. The van der Waals surface area contributed by atoms with Crippen molar-refractivity contribution in [2.24, 2.45) is 0 Å². The fraction of sp³-hybridized carbons (Fsp3) is 0.417. The van der Waals surface area contributed by atoms with Gasteiger partial charge in [-0.3, -0.25) is 9.36 Å². The standard InChI is InChI=1S/C24H28N4O2S2/c1-8-17-15(4)32-20-19(17)21(29)28(16-10-9-13(2)14(3)11-16)23(25-20)31-12-18-26-27-22(30-18)24(5,6)7/h9-11H,8,12H2,1-7H3. The number of aromatic nitrogens is 4. The maximum absolute atomic E-state index is 13.8. The van der Waals surface area contributed by atoms with Gasteiger partial charge < -0.3 is 4.42 Å². The van der Waals surface area contributed by atoms with E-state index in [0.29, 0.717) is 22.7 Å². The maximum Gasteiger partial charge on any atom is 0.267 e. The molecule has 0 radical (unpaired) electrons. The summed E-state index contributed by atoms with van der Waals surface area (Å²) in [5.74, 6) is 1.57. The van der Waals surface area contributed by atoms with E-state index in [2.05, 4.69) is 37.9 Å². The third-order valence-electron chi connectivity index (χ3n) is 5.53. The SMILES string of the molecule is CCc1c(C)sc2nc(SCc3nnc(C(C)(C)C)o3)n(-c3ccc(C)c(C)c3)c(=O)c12. The molecule has 0 amide bonds. The van der Waals surface area contributed by atoms with Crippen molar-refractivity contribution in [1.29, 1.82) is 0 Å². The molecule has 4 aromatic rings. The lowest BCUT2D eigenvalue weighted by Gasteiger charge is -2.13. The number of thioether (sulfide) groups is 1. The Kier molecular flexibility index (Phi) is 6.02. The molecule has 0 aliphatic rings. The van der Waals surface area contributed by atoms with E-state index in [1.807, 2.05) is 39.0 Å². The largest absolute Gasteiger partial charge is 0.424 e. The van der Waals surface area contributed by atoms with Crippen LogP contribution in [0.1, 0.15) is 61.0 Å². The molecule has 0 spiro atoms. The van der Waals surface area contributed by atoms with Crippen molar-refractivity contribution in [3.8, 4) is 5.69 Å². The van der Waals surface area contributed by atoms with Crippen LogP contribution in [0.2, 0.25) is 0 Å². The van der Waals surface area contributed by atoms with Gasteiger partial charge in [-0.25, -0.2) is 4.98 Å². The maximum atomic E-state index is 13.8. The van der Waals surface area contributed by atoms with E-state index >= 15 is 0 Å². The van der Waals surface area contributed by atoms with Gasteiger partial charge in [0, 0.05) is 10.3 Å². The molecule has 0 unspecified atom stereocenters. The topological polar surface area (TPSA) is 73.8 Å². The van der Waals surface area contributed by atoms with E-state index in [9.17, 15) is 4.79 Å². The number of rotatable bonds is 5. The molecule has 8 heteroatoms. The van der Waals surface area contributed by atoms with E-state index in [4.69, 9.17) is 9.40 Å². The van der Waals surface area contributed by atoms with Gasteiger partial charge in [0.15, 0.2) is 5.16 Å². The molecular weight excluding hydrogens is 440 g/mol. The predicted molar refractivity (Wildman–Crippen MR) is 131 cm³/mol. The highest BCUT2D eigenvalue weighted by Crippen LogP contribution is 2.32. The first-order chi connectivity index (χ1) is 15.1. The minimum atomic E-state index is -0.209. The van der Waals surface area contributed by atoms with Crippen LogP contribution in [0.3, 0.4) is 0 Å². The van der Waals surface area contributed by atoms with Gasteiger partial charge in [-0.1, -0.05) is 45.5 Å². The number of nitrogens with zero attached hydrogens (tertiary/aromatic N) is 4. The van der Waals surface area contributed by atoms with Crippen molar-refractivity contribution < 1.29 is 4.42 Å². The molecule has 3 aromatic heterocycles. The normalized spacial score (nSPS) is 12.1. The molecule has 1 aromatic carbocycles. The quantitative estimate of drug-likeness (QED) is 0.268. The summed E-state index contributed by atoms with van der Waals surface area (Å²) in [5.41, 5.74) is 3.99. The van der Waals surface area contributed by atoms with Crippen LogP contribution in [0.15, 0.2) is 32.6 Å². The van der Waals surface area contributed by atoms with Crippen molar-refractivity contribution in [3.05, 3.63) is 61.9 Å². The number of fused-ring (bicyclic) bond motifs is 1. The van der Waals surface area contributed by atoms with E-state index in [-0.39, 0.29) is 11.0 Å². The first-order valence-electron chi connectivity index (χ1n) is 10.7. The van der Waals surface area contributed by atoms with E-state index in [1.165, 1.54) is 17.3 Å². The second-order valence-corrected chi connectivity index (χ2v) is 11.2. The van der Waals surface area contributed by atoms with Gasteiger partial charge in [-0.05, 0) is 56.0 Å². The Morgan fingerprint density at radius 1 is 1.12 bits per heavy atom. The van der Waals surface area contributed by atoms with Crippen molar-refractivity contribution >= 4 is 33.3 Å². The first kappa shape index (κ1) is 22.7. The summed E-state index contributed by atoms with van der Waals surface area (Å²) in [6, 6.07) is 6.07. The van der Waals surface area contributed by atoms with Crippen LogP contribution in [0.25, 0.3) is 15.9 Å². The van der Waals surface area contributed by atoms with Crippen molar-refractivity contribution in [2.45, 2.75) is 71.2 Å². The highest BCUT2D eigenvalue weighted by Gasteiger charge is 2.23. The highest BCUT2D eigenvalue weighted by molar-refractivity contribution is 7.98.